The fourth-order valence-electron chi connectivity index (χ4n) is 0.868. The maximum atomic E-state index is 9.37. The highest BCUT2D eigenvalue weighted by atomic mass is 35.5. The van der Waals surface area contributed by atoms with Gasteiger partial charge in [0.2, 0.25) is 0 Å². The lowest BCUT2D eigenvalue weighted by atomic mass is 10.1. The van der Waals surface area contributed by atoms with Gasteiger partial charge in [-0.3, -0.25) is 4.98 Å². The van der Waals surface area contributed by atoms with Crippen LogP contribution in [0.3, 0.4) is 0 Å². The van der Waals surface area contributed by atoms with Crippen molar-refractivity contribution in [3.05, 3.63) is 23.0 Å². The number of pyridine rings is 1. The molecule has 1 N–H and O–H groups in total. The Labute approximate surface area is 70.8 Å². The highest BCUT2D eigenvalue weighted by Gasteiger charge is 2.09. The number of rotatable bonds is 1. The van der Waals surface area contributed by atoms with E-state index >= 15 is 0 Å². The maximum absolute atomic E-state index is 9.37. The first-order valence-corrected chi connectivity index (χ1v) is 3.84. The largest absolute Gasteiger partial charge is 0.505 e. The molecule has 3 heteroatoms. The van der Waals surface area contributed by atoms with Crippen molar-refractivity contribution in [3.8, 4) is 5.75 Å². The van der Waals surface area contributed by atoms with Crippen LogP contribution in [0.25, 0.3) is 0 Å². The van der Waals surface area contributed by atoms with Crippen molar-refractivity contribution in [2.45, 2.75) is 19.8 Å². The van der Waals surface area contributed by atoms with Gasteiger partial charge < -0.3 is 5.11 Å². The zero-order chi connectivity index (χ0) is 8.43. The molecule has 0 atom stereocenters. The Morgan fingerprint density at radius 1 is 1.55 bits per heavy atom. The van der Waals surface area contributed by atoms with Gasteiger partial charge in [0, 0.05) is 6.20 Å². The van der Waals surface area contributed by atoms with Crippen LogP contribution in [0.4, 0.5) is 0 Å². The van der Waals surface area contributed by atoms with Gasteiger partial charge >= 0.3 is 0 Å². The first-order valence-electron chi connectivity index (χ1n) is 3.46. The lowest BCUT2D eigenvalue weighted by molar-refractivity contribution is 0.460. The van der Waals surface area contributed by atoms with Gasteiger partial charge in [-0.25, -0.2) is 0 Å². The molecule has 1 aromatic heterocycles. The van der Waals surface area contributed by atoms with Gasteiger partial charge in [-0.15, -0.1) is 0 Å². The van der Waals surface area contributed by atoms with Gasteiger partial charge in [0.05, 0.1) is 10.7 Å². The normalized spacial score (nSPS) is 10.5. The van der Waals surface area contributed by atoms with E-state index < -0.39 is 0 Å². The molecule has 1 aromatic rings. The van der Waals surface area contributed by atoms with Crippen LogP contribution in [0.5, 0.6) is 5.75 Å². The van der Waals surface area contributed by atoms with E-state index in [4.69, 9.17) is 11.6 Å². The van der Waals surface area contributed by atoms with E-state index in [0.717, 1.165) is 0 Å². The summed E-state index contributed by atoms with van der Waals surface area (Å²) in [7, 11) is 0. The van der Waals surface area contributed by atoms with Gasteiger partial charge in [-0.2, -0.15) is 0 Å². The average Bonchev–Trinajstić information content (AvgIpc) is 1.94. The van der Waals surface area contributed by atoms with Gasteiger partial charge in [0.1, 0.15) is 0 Å². The Kier molecular flexibility index (Phi) is 2.35. The second-order valence-electron chi connectivity index (χ2n) is 2.68. The summed E-state index contributed by atoms with van der Waals surface area (Å²) >= 11 is 5.67. The molecule has 0 saturated heterocycles. The Hall–Kier alpha value is -0.760. The Balaban J connectivity index is 3.17. The van der Waals surface area contributed by atoms with Crippen LogP contribution in [0.2, 0.25) is 5.02 Å². The van der Waals surface area contributed by atoms with E-state index in [-0.39, 0.29) is 11.7 Å². The second-order valence-corrected chi connectivity index (χ2v) is 3.09. The Bertz CT molecular complexity index is 260. The molecule has 0 spiro atoms. The molecule has 11 heavy (non-hydrogen) atoms. The van der Waals surface area contributed by atoms with Crippen LogP contribution in [0.1, 0.15) is 25.5 Å². The molecule has 0 aliphatic rings. The van der Waals surface area contributed by atoms with Crippen LogP contribution >= 0.6 is 11.6 Å². The lowest BCUT2D eigenvalue weighted by Crippen LogP contribution is -1.92. The van der Waals surface area contributed by atoms with Gasteiger partial charge in [-0.05, 0) is 12.0 Å². The number of hydrogen-bond acceptors (Lipinski definition) is 2. The first kappa shape index (κ1) is 8.34. The molecule has 0 radical (unpaired) electrons. The summed E-state index contributed by atoms with van der Waals surface area (Å²) in [6.45, 7) is 3.91. The maximum Gasteiger partial charge on any atom is 0.155 e. The predicted octanol–water partition coefficient (Wildman–Crippen LogP) is 2.56. The molecule has 0 bridgehead atoms. The second kappa shape index (κ2) is 3.09. The average molecular weight is 172 g/mol. The van der Waals surface area contributed by atoms with Gasteiger partial charge in [0.25, 0.3) is 0 Å². The number of aromatic hydroxyl groups is 1. The molecule has 0 amide bonds. The standard InChI is InChI=1S/C8H10ClNO/c1-5(2)7-8(11)6(9)3-4-10-7/h3-5,11H,1-2H3. The van der Waals surface area contributed by atoms with E-state index in [1.807, 2.05) is 13.8 Å². The molecule has 0 aliphatic heterocycles. The van der Waals surface area contributed by atoms with E-state index in [2.05, 4.69) is 4.98 Å². The van der Waals surface area contributed by atoms with Gasteiger partial charge in [-0.1, -0.05) is 25.4 Å². The topological polar surface area (TPSA) is 33.1 Å². The first-order chi connectivity index (χ1) is 5.13. The molecule has 0 fully saturated rings. The van der Waals surface area contributed by atoms with Crippen LogP contribution in [0.15, 0.2) is 12.3 Å². The summed E-state index contributed by atoms with van der Waals surface area (Å²) in [5.41, 5.74) is 0.650. The SMILES string of the molecule is CC(C)c1nccc(Cl)c1O. The van der Waals surface area contributed by atoms with E-state index in [1.54, 1.807) is 12.3 Å². The van der Waals surface area contributed by atoms with Crippen LogP contribution < -0.4 is 0 Å². The molecule has 0 aromatic carbocycles. The molecule has 0 saturated carbocycles. The van der Waals surface area contributed by atoms with E-state index in [0.29, 0.717) is 10.7 Å². The summed E-state index contributed by atoms with van der Waals surface area (Å²) in [5, 5.41) is 9.74. The Morgan fingerprint density at radius 2 is 2.18 bits per heavy atom. The van der Waals surface area contributed by atoms with E-state index in [9.17, 15) is 5.11 Å². The zero-order valence-electron chi connectivity index (χ0n) is 6.50. The fraction of sp³-hybridized carbons (Fsp3) is 0.375. The minimum atomic E-state index is 0.101. The summed E-state index contributed by atoms with van der Waals surface area (Å²) < 4.78 is 0. The van der Waals surface area contributed by atoms with Crippen LogP contribution in [0, 0.1) is 0 Å². The lowest BCUT2D eigenvalue weighted by Gasteiger charge is -2.06. The van der Waals surface area contributed by atoms with Crippen molar-refractivity contribution in [2.75, 3.05) is 0 Å². The highest BCUT2D eigenvalue weighted by molar-refractivity contribution is 6.32. The third-order valence-corrected chi connectivity index (χ3v) is 1.76. The molecule has 1 heterocycles. The van der Waals surface area contributed by atoms with Crippen LogP contribution in [-0.4, -0.2) is 10.1 Å². The van der Waals surface area contributed by atoms with Gasteiger partial charge in [0.15, 0.2) is 5.75 Å². The van der Waals surface area contributed by atoms with E-state index in [1.165, 1.54) is 0 Å². The van der Waals surface area contributed by atoms with Crippen LogP contribution in [-0.2, 0) is 0 Å². The molecule has 0 unspecified atom stereocenters. The van der Waals surface area contributed by atoms with Crippen molar-refractivity contribution < 1.29 is 5.11 Å². The smallest absolute Gasteiger partial charge is 0.155 e. The summed E-state index contributed by atoms with van der Waals surface area (Å²) in [6, 6.07) is 1.57. The number of hydrogen-bond donors (Lipinski definition) is 1. The molecule has 1 rings (SSSR count). The molecular formula is C8H10ClNO. The molecular weight excluding hydrogens is 162 g/mol. The van der Waals surface area contributed by atoms with Crippen molar-refractivity contribution in [2.24, 2.45) is 0 Å². The summed E-state index contributed by atoms with van der Waals surface area (Å²) in [6.07, 6.45) is 1.59. The van der Waals surface area contributed by atoms with Crippen molar-refractivity contribution in [1.29, 1.82) is 0 Å². The number of aromatic nitrogens is 1. The number of halogens is 1. The summed E-state index contributed by atoms with van der Waals surface area (Å²) in [4.78, 5) is 4.00. The summed E-state index contributed by atoms with van der Waals surface area (Å²) in [5.74, 6) is 0.304. The number of nitrogens with zero attached hydrogens (tertiary/aromatic N) is 1. The minimum Gasteiger partial charge on any atom is -0.505 e. The molecule has 2 nitrogen and oxygen atoms in total. The van der Waals surface area contributed by atoms with Crippen molar-refractivity contribution >= 4 is 11.6 Å². The molecule has 60 valence electrons. The zero-order valence-corrected chi connectivity index (χ0v) is 7.26. The van der Waals surface area contributed by atoms with Crippen molar-refractivity contribution in [3.63, 3.8) is 0 Å². The quantitative estimate of drug-likeness (QED) is 0.705. The minimum absolute atomic E-state index is 0.101. The third-order valence-electron chi connectivity index (χ3n) is 1.45. The Morgan fingerprint density at radius 3 is 2.64 bits per heavy atom. The highest BCUT2D eigenvalue weighted by Crippen LogP contribution is 2.29. The fourth-order valence-corrected chi connectivity index (χ4v) is 1.02. The predicted molar refractivity (Wildman–Crippen MR) is 45.0 cm³/mol. The monoisotopic (exact) mass is 171 g/mol. The molecule has 0 aliphatic carbocycles. The van der Waals surface area contributed by atoms with Crippen molar-refractivity contribution in [1.82, 2.24) is 4.98 Å². The third kappa shape index (κ3) is 1.63.